The molecule has 5 nitrogen and oxygen atoms in total. The first kappa shape index (κ1) is 15.9. The first-order valence-corrected chi connectivity index (χ1v) is 6.77. The van der Waals surface area contributed by atoms with Crippen molar-refractivity contribution in [1.29, 1.82) is 0 Å². The molecule has 0 aliphatic heterocycles. The quantitative estimate of drug-likeness (QED) is 0.245. The number of hydrogen-bond donors (Lipinski definition) is 3. The summed E-state index contributed by atoms with van der Waals surface area (Å²) >= 11 is 3.32. The van der Waals surface area contributed by atoms with Gasteiger partial charge in [-0.2, -0.15) is 0 Å². The largest absolute Gasteiger partial charge is 0.382 e. The summed E-state index contributed by atoms with van der Waals surface area (Å²) in [6.07, 6.45) is 0.797. The molecule has 19 heavy (non-hydrogen) atoms. The number of anilines is 1. The SMILES string of the molecule is CCOCCCN=C(NN)Nc1cc(F)ccc1Br. The van der Waals surface area contributed by atoms with Crippen molar-refractivity contribution < 1.29 is 9.13 Å². The number of benzene rings is 1. The van der Waals surface area contributed by atoms with Gasteiger partial charge in [0.2, 0.25) is 5.96 Å². The van der Waals surface area contributed by atoms with Gasteiger partial charge in [0.15, 0.2) is 0 Å². The zero-order valence-electron chi connectivity index (χ0n) is 10.7. The molecule has 1 rings (SSSR count). The Morgan fingerprint density at radius 2 is 2.32 bits per heavy atom. The van der Waals surface area contributed by atoms with Gasteiger partial charge in [0.05, 0.1) is 5.69 Å². The van der Waals surface area contributed by atoms with Crippen LogP contribution in [0.3, 0.4) is 0 Å². The Labute approximate surface area is 120 Å². The third kappa shape index (κ3) is 6.00. The van der Waals surface area contributed by atoms with Crippen LogP contribution < -0.4 is 16.6 Å². The van der Waals surface area contributed by atoms with E-state index in [0.717, 1.165) is 10.9 Å². The van der Waals surface area contributed by atoms with Gasteiger partial charge in [-0.3, -0.25) is 10.4 Å². The van der Waals surface area contributed by atoms with Gasteiger partial charge in [-0.25, -0.2) is 10.2 Å². The molecule has 106 valence electrons. The number of hydrazine groups is 1. The third-order valence-corrected chi connectivity index (χ3v) is 2.93. The number of halogens is 2. The highest BCUT2D eigenvalue weighted by Gasteiger charge is 2.04. The van der Waals surface area contributed by atoms with Crippen molar-refractivity contribution >= 4 is 27.6 Å². The fraction of sp³-hybridized carbons (Fsp3) is 0.417. The molecule has 0 fully saturated rings. The number of guanidine groups is 1. The minimum atomic E-state index is -0.335. The van der Waals surface area contributed by atoms with Crippen molar-refractivity contribution in [2.75, 3.05) is 25.1 Å². The van der Waals surface area contributed by atoms with Crippen molar-refractivity contribution in [3.05, 3.63) is 28.5 Å². The van der Waals surface area contributed by atoms with Crippen LogP contribution in [0.4, 0.5) is 10.1 Å². The zero-order chi connectivity index (χ0) is 14.1. The van der Waals surface area contributed by atoms with Crippen LogP contribution in [0.2, 0.25) is 0 Å². The molecule has 0 heterocycles. The van der Waals surface area contributed by atoms with Gasteiger partial charge in [0.25, 0.3) is 0 Å². The minimum absolute atomic E-state index is 0.335. The second-order valence-electron chi connectivity index (χ2n) is 3.67. The topological polar surface area (TPSA) is 71.7 Å². The average Bonchev–Trinajstić information content (AvgIpc) is 2.41. The standard InChI is InChI=1S/C12H18BrFN4O/c1-2-19-7-3-6-16-12(18-15)17-11-8-9(14)4-5-10(11)13/h4-5,8H,2-3,6-7,15H2,1H3,(H2,16,17,18). The van der Waals surface area contributed by atoms with Gasteiger partial charge in [-0.1, -0.05) is 0 Å². The second kappa shape index (κ2) is 8.84. The highest BCUT2D eigenvalue weighted by Crippen LogP contribution is 2.22. The van der Waals surface area contributed by atoms with Crippen LogP contribution in [0, 0.1) is 5.82 Å². The van der Waals surface area contributed by atoms with Crippen LogP contribution in [0.15, 0.2) is 27.7 Å². The fourth-order valence-electron chi connectivity index (χ4n) is 1.34. The smallest absolute Gasteiger partial charge is 0.210 e. The molecule has 1 aromatic carbocycles. The summed E-state index contributed by atoms with van der Waals surface area (Å²) in [7, 11) is 0. The lowest BCUT2D eigenvalue weighted by Gasteiger charge is -2.11. The number of aliphatic imine (C=N–C) groups is 1. The molecule has 0 aliphatic rings. The molecule has 7 heteroatoms. The van der Waals surface area contributed by atoms with E-state index in [2.05, 4.69) is 31.7 Å². The van der Waals surface area contributed by atoms with E-state index in [1.54, 1.807) is 6.07 Å². The van der Waals surface area contributed by atoms with Gasteiger partial charge >= 0.3 is 0 Å². The summed E-state index contributed by atoms with van der Waals surface area (Å²) in [5, 5.41) is 2.91. The first-order valence-electron chi connectivity index (χ1n) is 5.98. The fourth-order valence-corrected chi connectivity index (χ4v) is 1.69. The van der Waals surface area contributed by atoms with Gasteiger partial charge in [-0.05, 0) is 47.5 Å². The van der Waals surface area contributed by atoms with Gasteiger partial charge in [0.1, 0.15) is 5.82 Å². The van der Waals surface area contributed by atoms with Crippen molar-refractivity contribution in [1.82, 2.24) is 5.43 Å². The average molecular weight is 333 g/mol. The number of hydrogen-bond acceptors (Lipinski definition) is 3. The monoisotopic (exact) mass is 332 g/mol. The highest BCUT2D eigenvalue weighted by molar-refractivity contribution is 9.10. The summed E-state index contributed by atoms with van der Waals surface area (Å²) in [6.45, 7) is 3.86. The number of nitrogens with one attached hydrogen (secondary N) is 2. The minimum Gasteiger partial charge on any atom is -0.382 e. The van der Waals surface area contributed by atoms with Crippen LogP contribution in [0.25, 0.3) is 0 Å². The van der Waals surface area contributed by atoms with E-state index in [1.165, 1.54) is 12.1 Å². The van der Waals surface area contributed by atoms with E-state index < -0.39 is 0 Å². The molecule has 1 aromatic rings. The van der Waals surface area contributed by atoms with Crippen molar-refractivity contribution in [3.63, 3.8) is 0 Å². The van der Waals surface area contributed by atoms with E-state index in [9.17, 15) is 4.39 Å². The normalized spacial score (nSPS) is 11.5. The summed E-state index contributed by atoms with van der Waals surface area (Å²) in [4.78, 5) is 4.23. The van der Waals surface area contributed by atoms with Crippen LogP contribution in [0.1, 0.15) is 13.3 Å². The third-order valence-electron chi connectivity index (χ3n) is 2.24. The number of ether oxygens (including phenoxy) is 1. The number of nitrogens with two attached hydrogens (primary N) is 1. The van der Waals surface area contributed by atoms with E-state index in [-0.39, 0.29) is 5.82 Å². The Kier molecular flexibility index (Phi) is 7.39. The lowest BCUT2D eigenvalue weighted by atomic mass is 10.3. The molecule has 0 aliphatic carbocycles. The number of rotatable bonds is 6. The molecule has 0 atom stereocenters. The summed E-state index contributed by atoms with van der Waals surface area (Å²) in [6, 6.07) is 4.34. The second-order valence-corrected chi connectivity index (χ2v) is 4.53. The van der Waals surface area contributed by atoms with Crippen molar-refractivity contribution in [2.24, 2.45) is 10.8 Å². The maximum absolute atomic E-state index is 13.1. The molecule has 4 N–H and O–H groups in total. The molecular weight excluding hydrogens is 315 g/mol. The molecule has 0 amide bonds. The van der Waals surface area contributed by atoms with Crippen LogP contribution in [0.5, 0.6) is 0 Å². The maximum atomic E-state index is 13.1. The van der Waals surface area contributed by atoms with Gasteiger partial charge < -0.3 is 10.1 Å². The molecule has 0 saturated carbocycles. The van der Waals surface area contributed by atoms with Crippen molar-refractivity contribution in [2.45, 2.75) is 13.3 Å². The maximum Gasteiger partial charge on any atom is 0.210 e. The molecule has 0 bridgehead atoms. The number of nitrogens with zero attached hydrogens (tertiary/aromatic N) is 1. The molecule has 0 radical (unpaired) electrons. The van der Waals surface area contributed by atoms with Crippen LogP contribution in [-0.2, 0) is 4.74 Å². The zero-order valence-corrected chi connectivity index (χ0v) is 12.3. The lowest BCUT2D eigenvalue weighted by Crippen LogP contribution is -2.36. The molecule has 0 spiro atoms. The molecular formula is C12H18BrFN4O. The van der Waals surface area contributed by atoms with E-state index in [0.29, 0.717) is 31.4 Å². The predicted octanol–water partition coefficient (Wildman–Crippen LogP) is 2.25. The van der Waals surface area contributed by atoms with Crippen molar-refractivity contribution in [3.8, 4) is 0 Å². The van der Waals surface area contributed by atoms with E-state index in [1.807, 2.05) is 6.92 Å². The highest BCUT2D eigenvalue weighted by atomic mass is 79.9. The summed E-state index contributed by atoms with van der Waals surface area (Å²) in [5.41, 5.74) is 3.00. The molecule has 0 aromatic heterocycles. The first-order chi connectivity index (χ1) is 9.17. The Morgan fingerprint density at radius 3 is 3.00 bits per heavy atom. The Morgan fingerprint density at radius 1 is 1.53 bits per heavy atom. The van der Waals surface area contributed by atoms with Crippen LogP contribution >= 0.6 is 15.9 Å². The summed E-state index contributed by atoms with van der Waals surface area (Å²) in [5.74, 6) is 5.41. The Bertz CT molecular complexity index is 428. The van der Waals surface area contributed by atoms with Crippen LogP contribution in [-0.4, -0.2) is 25.7 Å². The summed E-state index contributed by atoms with van der Waals surface area (Å²) < 4.78 is 19.1. The Hall–Kier alpha value is -1.18. The van der Waals surface area contributed by atoms with E-state index >= 15 is 0 Å². The Balaban J connectivity index is 2.55. The predicted molar refractivity (Wildman–Crippen MR) is 78.5 cm³/mol. The van der Waals surface area contributed by atoms with Gasteiger partial charge in [-0.15, -0.1) is 0 Å². The van der Waals surface area contributed by atoms with E-state index in [4.69, 9.17) is 10.6 Å². The lowest BCUT2D eigenvalue weighted by molar-refractivity contribution is 0.146. The molecule has 0 saturated heterocycles. The molecule has 0 unspecified atom stereocenters. The van der Waals surface area contributed by atoms with Gasteiger partial charge in [0, 0.05) is 24.2 Å².